The van der Waals surface area contributed by atoms with Crippen LogP contribution in [0.4, 0.5) is 0 Å². The van der Waals surface area contributed by atoms with E-state index in [1.807, 2.05) is 12.1 Å². The molecule has 0 fully saturated rings. The number of aryl methyl sites for hydroxylation is 1. The number of nitrogens with one attached hydrogen (secondary N) is 1. The Morgan fingerprint density at radius 1 is 1.31 bits per heavy atom. The van der Waals surface area contributed by atoms with Gasteiger partial charge in [0.25, 0.3) is 0 Å². The molecule has 0 saturated carbocycles. The van der Waals surface area contributed by atoms with Crippen LogP contribution >= 0.6 is 46.9 Å². The highest BCUT2D eigenvalue weighted by atomic mass is 35.5. The van der Waals surface area contributed by atoms with E-state index in [1.54, 1.807) is 37.6 Å². The summed E-state index contributed by atoms with van der Waals surface area (Å²) in [7, 11) is 0. The lowest BCUT2D eigenvalue weighted by Crippen LogP contribution is -2.08. The normalized spacial score (nSPS) is 10.9. The van der Waals surface area contributed by atoms with Crippen LogP contribution in [0.1, 0.15) is 39.0 Å². The number of ketones is 1. The average molecular weight is 468 g/mol. The molecule has 3 aromatic rings. The van der Waals surface area contributed by atoms with Crippen LogP contribution in [0.25, 0.3) is 5.69 Å². The molecule has 0 aliphatic heterocycles. The minimum Gasteiger partial charge on any atom is -0.462 e. The number of nitrogens with zero attached hydrogens (tertiary/aromatic N) is 2. The number of hydrogen-bond acceptors (Lipinski definition) is 7. The molecule has 0 spiro atoms. The molecule has 3 rings (SSSR count). The lowest BCUT2D eigenvalue weighted by molar-refractivity contribution is 0.0525. The predicted molar refractivity (Wildman–Crippen MR) is 119 cm³/mol. The lowest BCUT2D eigenvalue weighted by atomic mass is 10.1. The number of hydrogen-bond donors (Lipinski definition) is 1. The fraction of sp³-hybridized carbons (Fsp3) is 0.263. The maximum Gasteiger partial charge on any atom is 0.340 e. The van der Waals surface area contributed by atoms with Gasteiger partial charge in [0, 0.05) is 10.7 Å². The lowest BCUT2D eigenvalue weighted by Gasteiger charge is -2.02. The molecular weight excluding hydrogens is 450 g/mol. The highest BCUT2D eigenvalue weighted by molar-refractivity contribution is 8.01. The maximum atomic E-state index is 12.7. The smallest absolute Gasteiger partial charge is 0.340 e. The average Bonchev–Trinajstić information content (AvgIpc) is 3.19. The van der Waals surface area contributed by atoms with Crippen molar-refractivity contribution >= 4 is 58.7 Å². The van der Waals surface area contributed by atoms with Crippen LogP contribution in [0.2, 0.25) is 5.02 Å². The summed E-state index contributed by atoms with van der Waals surface area (Å²) in [4.78, 5) is 27.8. The fourth-order valence-corrected chi connectivity index (χ4v) is 5.16. The van der Waals surface area contributed by atoms with Crippen LogP contribution in [-0.4, -0.2) is 38.9 Å². The Kier molecular flexibility index (Phi) is 6.94. The number of benzene rings is 1. The number of ether oxygens (including phenoxy) is 1. The van der Waals surface area contributed by atoms with Crippen LogP contribution in [-0.2, 0) is 4.74 Å². The Morgan fingerprint density at radius 2 is 2.00 bits per heavy atom. The predicted octanol–water partition coefficient (Wildman–Crippen LogP) is 5.41. The number of aromatic nitrogens is 3. The highest BCUT2D eigenvalue weighted by Gasteiger charge is 2.23. The van der Waals surface area contributed by atoms with E-state index in [4.69, 9.17) is 28.6 Å². The standard InChI is InChI=1S/C19H18ClN3O3S3/c1-4-26-17(25)15-10(2)16(21-11(15)3)14(24)9-28-18-22-23(19(27)29-18)13-7-5-12(20)6-8-13/h5-8,21H,4,9H2,1-3H3. The van der Waals surface area contributed by atoms with Gasteiger partial charge < -0.3 is 9.72 Å². The van der Waals surface area contributed by atoms with Crippen molar-refractivity contribution in [2.75, 3.05) is 12.4 Å². The summed E-state index contributed by atoms with van der Waals surface area (Å²) in [6.07, 6.45) is 0. The molecule has 0 bridgehead atoms. The molecule has 1 aromatic carbocycles. The molecule has 2 heterocycles. The van der Waals surface area contributed by atoms with Gasteiger partial charge in [-0.2, -0.15) is 0 Å². The molecule has 0 aliphatic rings. The largest absolute Gasteiger partial charge is 0.462 e. The van der Waals surface area contributed by atoms with Crippen LogP contribution < -0.4 is 0 Å². The first-order valence-electron chi connectivity index (χ1n) is 8.70. The molecule has 10 heteroatoms. The van der Waals surface area contributed by atoms with Crippen molar-refractivity contribution in [2.24, 2.45) is 0 Å². The quantitative estimate of drug-likeness (QED) is 0.216. The summed E-state index contributed by atoms with van der Waals surface area (Å²) in [5.74, 6) is -0.373. The number of rotatable bonds is 7. The number of H-pyrrole nitrogens is 1. The van der Waals surface area contributed by atoms with Crippen molar-refractivity contribution in [2.45, 2.75) is 25.1 Å². The summed E-state index contributed by atoms with van der Waals surface area (Å²) < 4.78 is 7.98. The van der Waals surface area contributed by atoms with E-state index in [1.165, 1.54) is 23.1 Å². The first-order chi connectivity index (χ1) is 13.8. The van der Waals surface area contributed by atoms with Gasteiger partial charge in [-0.25, -0.2) is 9.48 Å². The second-order valence-corrected chi connectivity index (χ2v) is 9.36. The zero-order valence-corrected chi connectivity index (χ0v) is 19.2. The molecular formula is C19H18ClN3O3S3. The third-order valence-corrected chi connectivity index (χ3v) is 6.74. The van der Waals surface area contributed by atoms with Gasteiger partial charge in [0.15, 0.2) is 14.1 Å². The van der Waals surface area contributed by atoms with E-state index in [0.29, 0.717) is 35.8 Å². The third-order valence-electron chi connectivity index (χ3n) is 4.12. The Balaban J connectivity index is 1.74. The van der Waals surface area contributed by atoms with E-state index in [-0.39, 0.29) is 18.1 Å². The fourth-order valence-electron chi connectivity index (χ4n) is 2.80. The van der Waals surface area contributed by atoms with Crippen molar-refractivity contribution in [1.82, 2.24) is 14.8 Å². The zero-order valence-electron chi connectivity index (χ0n) is 15.9. The molecule has 0 saturated heterocycles. The van der Waals surface area contributed by atoms with Gasteiger partial charge in [-0.15, -0.1) is 5.10 Å². The Labute approximate surface area is 186 Å². The second kappa shape index (κ2) is 9.25. The monoisotopic (exact) mass is 467 g/mol. The Bertz CT molecular complexity index is 1120. The molecule has 0 amide bonds. The van der Waals surface area contributed by atoms with Gasteiger partial charge in [0.1, 0.15) is 0 Å². The summed E-state index contributed by atoms with van der Waals surface area (Å²) in [5.41, 5.74) is 2.87. The van der Waals surface area contributed by atoms with E-state index in [0.717, 1.165) is 5.69 Å². The Morgan fingerprint density at radius 3 is 2.66 bits per heavy atom. The summed E-state index contributed by atoms with van der Waals surface area (Å²) in [6.45, 7) is 5.52. The van der Waals surface area contributed by atoms with Gasteiger partial charge in [-0.1, -0.05) is 34.7 Å². The molecule has 152 valence electrons. The van der Waals surface area contributed by atoms with Crippen LogP contribution in [0.15, 0.2) is 28.6 Å². The van der Waals surface area contributed by atoms with E-state index < -0.39 is 5.97 Å². The second-order valence-electron chi connectivity index (χ2n) is 6.08. The molecule has 2 aromatic heterocycles. The van der Waals surface area contributed by atoms with Gasteiger partial charge in [-0.3, -0.25) is 4.79 Å². The highest BCUT2D eigenvalue weighted by Crippen LogP contribution is 2.27. The van der Waals surface area contributed by atoms with E-state index in [9.17, 15) is 9.59 Å². The number of Topliss-reactive ketones (excluding diaryl/α,β-unsaturated/α-hetero) is 1. The third kappa shape index (κ3) is 4.80. The zero-order chi connectivity index (χ0) is 21.1. The molecule has 0 unspecified atom stereocenters. The number of thioether (sulfide) groups is 1. The number of carbonyl (C=O) groups is 2. The topological polar surface area (TPSA) is 77.0 Å². The van der Waals surface area contributed by atoms with Gasteiger partial charge in [-0.05, 0) is 62.8 Å². The summed E-state index contributed by atoms with van der Waals surface area (Å²) >= 11 is 14.0. The van der Waals surface area contributed by atoms with Gasteiger partial charge >= 0.3 is 5.97 Å². The van der Waals surface area contributed by atoms with Crippen molar-refractivity contribution in [3.8, 4) is 5.69 Å². The first kappa shape index (κ1) is 21.8. The molecule has 0 atom stereocenters. The summed E-state index contributed by atoms with van der Waals surface area (Å²) in [5, 5.41) is 5.12. The number of esters is 1. The van der Waals surface area contributed by atoms with Gasteiger partial charge in [0.05, 0.1) is 29.3 Å². The maximum absolute atomic E-state index is 12.7. The van der Waals surface area contributed by atoms with Crippen molar-refractivity contribution in [3.63, 3.8) is 0 Å². The minimum absolute atomic E-state index is 0.120. The molecule has 29 heavy (non-hydrogen) atoms. The van der Waals surface area contributed by atoms with Crippen molar-refractivity contribution in [3.05, 3.63) is 55.8 Å². The summed E-state index contributed by atoms with van der Waals surface area (Å²) in [6, 6.07) is 7.20. The van der Waals surface area contributed by atoms with Crippen LogP contribution in [0, 0.1) is 17.8 Å². The van der Waals surface area contributed by atoms with Crippen LogP contribution in [0.3, 0.4) is 0 Å². The van der Waals surface area contributed by atoms with E-state index in [2.05, 4.69) is 10.1 Å². The number of carbonyl (C=O) groups excluding carboxylic acids is 2. The van der Waals surface area contributed by atoms with E-state index >= 15 is 0 Å². The Hall–Kier alpha value is -1.94. The molecule has 1 N–H and O–H groups in total. The molecule has 6 nitrogen and oxygen atoms in total. The number of halogens is 1. The molecule has 0 aliphatic carbocycles. The van der Waals surface area contributed by atoms with Crippen LogP contribution in [0.5, 0.6) is 0 Å². The first-order valence-corrected chi connectivity index (χ1v) is 11.3. The molecule has 0 radical (unpaired) electrons. The van der Waals surface area contributed by atoms with Crippen molar-refractivity contribution < 1.29 is 14.3 Å². The van der Waals surface area contributed by atoms with Gasteiger partial charge in [0.2, 0.25) is 0 Å². The van der Waals surface area contributed by atoms with Crippen molar-refractivity contribution in [1.29, 1.82) is 0 Å². The minimum atomic E-state index is -0.426. The number of aromatic amines is 1. The SMILES string of the molecule is CCOC(=O)c1c(C)[nH]c(C(=O)CSc2nn(-c3ccc(Cl)cc3)c(=S)s2)c1C.